The molecule has 0 saturated carbocycles. The van der Waals surface area contributed by atoms with E-state index in [0.717, 1.165) is 10.4 Å². The summed E-state index contributed by atoms with van der Waals surface area (Å²) in [5, 5.41) is 4.76. The van der Waals surface area contributed by atoms with E-state index in [1.165, 1.54) is 6.08 Å². The molecule has 0 radical (unpaired) electrons. The lowest BCUT2D eigenvalue weighted by Crippen LogP contribution is -2.46. The van der Waals surface area contributed by atoms with E-state index in [-0.39, 0.29) is 17.4 Å². The molecule has 1 aliphatic rings. The maximum Gasteiger partial charge on any atom is 0.244 e. The Morgan fingerprint density at radius 1 is 1.53 bits per heavy atom. The third kappa shape index (κ3) is 3.67. The summed E-state index contributed by atoms with van der Waals surface area (Å²) in [6.07, 6.45) is 3.71. The van der Waals surface area contributed by atoms with Crippen LogP contribution >= 0.6 is 11.3 Å². The molecule has 1 N–H and O–H groups in total. The van der Waals surface area contributed by atoms with Crippen LogP contribution < -0.4 is 5.32 Å². The molecule has 1 fully saturated rings. The summed E-state index contributed by atoms with van der Waals surface area (Å²) in [7, 11) is -3.00. The van der Waals surface area contributed by atoms with Gasteiger partial charge in [0.15, 0.2) is 9.84 Å². The van der Waals surface area contributed by atoms with Crippen LogP contribution in [-0.2, 0) is 14.6 Å². The quantitative estimate of drug-likeness (QED) is 0.865. The Morgan fingerprint density at radius 3 is 2.79 bits per heavy atom. The normalized spacial score (nSPS) is 25.8. The van der Waals surface area contributed by atoms with Gasteiger partial charge < -0.3 is 5.32 Å². The van der Waals surface area contributed by atoms with Crippen molar-refractivity contribution in [2.45, 2.75) is 25.8 Å². The molecule has 0 aliphatic carbocycles. The minimum Gasteiger partial charge on any atom is -0.346 e. The smallest absolute Gasteiger partial charge is 0.244 e. The van der Waals surface area contributed by atoms with Crippen molar-refractivity contribution >= 4 is 33.2 Å². The minimum atomic E-state index is -3.00. The second-order valence-electron chi connectivity index (χ2n) is 5.19. The van der Waals surface area contributed by atoms with Gasteiger partial charge in [0.25, 0.3) is 0 Å². The monoisotopic (exact) mass is 299 g/mol. The van der Waals surface area contributed by atoms with Gasteiger partial charge in [-0.2, -0.15) is 0 Å². The lowest BCUT2D eigenvalue weighted by atomic mass is 10.0. The SMILES string of the molecule is Cc1ccsc1/C=C/C(=O)NC1(C)CCS(=O)(=O)C1. The highest BCUT2D eigenvalue weighted by Gasteiger charge is 2.38. The van der Waals surface area contributed by atoms with E-state index < -0.39 is 15.4 Å². The standard InChI is InChI=1S/C13H17NO3S2/c1-10-5-7-18-11(10)3-4-12(15)14-13(2)6-8-19(16,17)9-13/h3-5,7H,6,8-9H2,1-2H3,(H,14,15)/b4-3+. The van der Waals surface area contributed by atoms with E-state index in [1.54, 1.807) is 24.3 Å². The number of hydrogen-bond donors (Lipinski definition) is 1. The highest BCUT2D eigenvalue weighted by atomic mass is 32.2. The number of amides is 1. The highest BCUT2D eigenvalue weighted by Crippen LogP contribution is 2.23. The number of carbonyl (C=O) groups excluding carboxylic acids is 1. The second kappa shape index (κ2) is 5.09. The highest BCUT2D eigenvalue weighted by molar-refractivity contribution is 7.91. The molecule has 2 heterocycles. The van der Waals surface area contributed by atoms with Gasteiger partial charge in [-0.1, -0.05) is 0 Å². The first-order valence-electron chi connectivity index (χ1n) is 6.04. The van der Waals surface area contributed by atoms with Gasteiger partial charge in [0.2, 0.25) is 5.91 Å². The Kier molecular flexibility index (Phi) is 3.82. The number of thiophene rings is 1. The van der Waals surface area contributed by atoms with Crippen LogP contribution in [0.15, 0.2) is 17.5 Å². The largest absolute Gasteiger partial charge is 0.346 e. The first kappa shape index (κ1) is 14.3. The van der Waals surface area contributed by atoms with E-state index in [1.807, 2.05) is 18.4 Å². The third-order valence-electron chi connectivity index (χ3n) is 3.22. The number of carbonyl (C=O) groups is 1. The summed E-state index contributed by atoms with van der Waals surface area (Å²) in [6, 6.07) is 1.99. The number of sulfone groups is 1. The molecule has 1 unspecified atom stereocenters. The van der Waals surface area contributed by atoms with Crippen molar-refractivity contribution in [3.05, 3.63) is 28.0 Å². The van der Waals surface area contributed by atoms with Crippen molar-refractivity contribution < 1.29 is 13.2 Å². The fourth-order valence-corrected chi connectivity index (χ4v) is 5.07. The Hall–Kier alpha value is -1.14. The molecule has 1 amide bonds. The number of rotatable bonds is 3. The van der Waals surface area contributed by atoms with Crippen molar-refractivity contribution in [2.75, 3.05) is 11.5 Å². The van der Waals surface area contributed by atoms with Crippen LogP contribution in [0.1, 0.15) is 23.8 Å². The average molecular weight is 299 g/mol. The van der Waals surface area contributed by atoms with Gasteiger partial charge in [-0.15, -0.1) is 11.3 Å². The van der Waals surface area contributed by atoms with Crippen LogP contribution in [0.5, 0.6) is 0 Å². The van der Waals surface area contributed by atoms with Crippen LogP contribution in [0.2, 0.25) is 0 Å². The molecule has 6 heteroatoms. The van der Waals surface area contributed by atoms with E-state index in [9.17, 15) is 13.2 Å². The molecule has 1 aromatic heterocycles. The fourth-order valence-electron chi connectivity index (χ4n) is 2.15. The van der Waals surface area contributed by atoms with Crippen LogP contribution in [0.25, 0.3) is 6.08 Å². The zero-order valence-electron chi connectivity index (χ0n) is 11.0. The predicted molar refractivity (Wildman–Crippen MR) is 77.9 cm³/mol. The number of hydrogen-bond acceptors (Lipinski definition) is 4. The first-order valence-corrected chi connectivity index (χ1v) is 8.75. The lowest BCUT2D eigenvalue weighted by Gasteiger charge is -2.22. The summed E-state index contributed by atoms with van der Waals surface area (Å²) < 4.78 is 22.9. The lowest BCUT2D eigenvalue weighted by molar-refractivity contribution is -0.117. The Bertz CT molecular complexity index is 616. The maximum absolute atomic E-state index is 11.8. The summed E-state index contributed by atoms with van der Waals surface area (Å²) in [5.74, 6) is -0.0674. The molecular weight excluding hydrogens is 282 g/mol. The van der Waals surface area contributed by atoms with E-state index >= 15 is 0 Å². The van der Waals surface area contributed by atoms with Gasteiger partial charge in [0.1, 0.15) is 0 Å². The molecule has 1 aliphatic heterocycles. The summed E-state index contributed by atoms with van der Waals surface area (Å²) in [6.45, 7) is 3.76. The molecule has 0 aromatic carbocycles. The first-order chi connectivity index (χ1) is 8.80. The average Bonchev–Trinajstić information content (AvgIpc) is 2.80. The van der Waals surface area contributed by atoms with Crippen molar-refractivity contribution in [2.24, 2.45) is 0 Å². The number of nitrogens with one attached hydrogen (secondary N) is 1. The topological polar surface area (TPSA) is 63.2 Å². The van der Waals surface area contributed by atoms with Gasteiger partial charge in [-0.25, -0.2) is 8.42 Å². The maximum atomic E-state index is 11.8. The molecule has 1 atom stereocenters. The fraction of sp³-hybridized carbons (Fsp3) is 0.462. The minimum absolute atomic E-state index is 0.0254. The second-order valence-corrected chi connectivity index (χ2v) is 8.32. The van der Waals surface area contributed by atoms with Gasteiger partial charge >= 0.3 is 0 Å². The van der Waals surface area contributed by atoms with Crippen LogP contribution in [0, 0.1) is 6.92 Å². The molecule has 1 aromatic rings. The zero-order chi connectivity index (χ0) is 14.1. The summed E-state index contributed by atoms with van der Waals surface area (Å²) in [5.41, 5.74) is 0.494. The van der Waals surface area contributed by atoms with Crippen LogP contribution in [0.3, 0.4) is 0 Å². The zero-order valence-corrected chi connectivity index (χ0v) is 12.6. The van der Waals surface area contributed by atoms with Gasteiger partial charge in [-0.3, -0.25) is 4.79 Å². The van der Waals surface area contributed by atoms with Gasteiger partial charge in [-0.05, 0) is 43.4 Å². The van der Waals surface area contributed by atoms with Gasteiger partial charge in [0.05, 0.1) is 17.0 Å². The summed E-state index contributed by atoms with van der Waals surface area (Å²) in [4.78, 5) is 12.9. The van der Waals surface area contributed by atoms with E-state index in [2.05, 4.69) is 5.32 Å². The van der Waals surface area contributed by atoms with Crippen LogP contribution in [0.4, 0.5) is 0 Å². The van der Waals surface area contributed by atoms with E-state index in [4.69, 9.17) is 0 Å². The molecule has 19 heavy (non-hydrogen) atoms. The molecule has 0 spiro atoms. The van der Waals surface area contributed by atoms with E-state index in [0.29, 0.717) is 6.42 Å². The number of aryl methyl sites for hydroxylation is 1. The molecule has 1 saturated heterocycles. The van der Waals surface area contributed by atoms with Crippen molar-refractivity contribution in [1.29, 1.82) is 0 Å². The van der Waals surface area contributed by atoms with Crippen LogP contribution in [-0.4, -0.2) is 31.4 Å². The third-order valence-corrected chi connectivity index (χ3v) is 6.10. The van der Waals surface area contributed by atoms with Gasteiger partial charge in [0, 0.05) is 11.0 Å². The molecule has 2 rings (SSSR count). The van der Waals surface area contributed by atoms with Crippen molar-refractivity contribution in [3.63, 3.8) is 0 Å². The Balaban J connectivity index is 1.99. The molecular formula is C13H17NO3S2. The molecule has 0 bridgehead atoms. The predicted octanol–water partition coefficient (Wildman–Crippen LogP) is 1.76. The summed E-state index contributed by atoms with van der Waals surface area (Å²) >= 11 is 1.57. The van der Waals surface area contributed by atoms with Crippen molar-refractivity contribution in [1.82, 2.24) is 5.32 Å². The Labute approximate surface area is 117 Å². The molecule has 4 nitrogen and oxygen atoms in total. The molecule has 104 valence electrons. The Morgan fingerprint density at radius 2 is 2.26 bits per heavy atom. The van der Waals surface area contributed by atoms with Crippen molar-refractivity contribution in [3.8, 4) is 0 Å².